The van der Waals surface area contributed by atoms with Crippen LogP contribution in [0.3, 0.4) is 0 Å². The zero-order chi connectivity index (χ0) is 8.69. The lowest BCUT2D eigenvalue weighted by Crippen LogP contribution is -1.75. The lowest BCUT2D eigenvalue weighted by Gasteiger charge is -1.91. The van der Waals surface area contributed by atoms with E-state index >= 15 is 0 Å². The number of allylic oxidation sites excluding steroid dienone is 2. The number of thioether (sulfide) groups is 1. The number of hydrogen-bond acceptors (Lipinski definition) is 1. The number of rotatable bonds is 4. The Balaban J connectivity index is 3.29. The smallest absolute Gasteiger partial charge is 0.0130 e. The molecule has 0 aliphatic carbocycles. The highest BCUT2D eigenvalue weighted by Crippen LogP contribution is 2.07. The van der Waals surface area contributed by atoms with Crippen LogP contribution in [0.4, 0.5) is 0 Å². The van der Waals surface area contributed by atoms with E-state index in [2.05, 4.69) is 0 Å². The van der Waals surface area contributed by atoms with Crippen molar-refractivity contribution in [2.75, 3.05) is 11.5 Å². The molecule has 0 bridgehead atoms. The maximum absolute atomic E-state index is 5.63. The third-order valence-corrected chi connectivity index (χ3v) is 2.08. The summed E-state index contributed by atoms with van der Waals surface area (Å²) >= 11 is 13.0. The van der Waals surface area contributed by atoms with Crippen molar-refractivity contribution in [3.05, 3.63) is 22.2 Å². The fourth-order valence-corrected chi connectivity index (χ4v) is 1.62. The van der Waals surface area contributed by atoms with Crippen LogP contribution in [0, 0.1) is 0 Å². The van der Waals surface area contributed by atoms with Crippen LogP contribution in [0.25, 0.3) is 0 Å². The molecule has 0 heterocycles. The minimum atomic E-state index is 0.851. The molecule has 0 aromatic heterocycles. The predicted molar refractivity (Wildman–Crippen MR) is 56.5 cm³/mol. The molecule has 0 amide bonds. The van der Waals surface area contributed by atoms with Crippen LogP contribution in [0.1, 0.15) is 13.8 Å². The summed E-state index contributed by atoms with van der Waals surface area (Å²) in [5.41, 5.74) is 0. The average Bonchev–Trinajstić information content (AvgIpc) is 1.85. The molecule has 0 aliphatic heterocycles. The Labute approximate surface area is 82.6 Å². The molecule has 0 aromatic carbocycles. The monoisotopic (exact) mass is 210 g/mol. The quantitative estimate of drug-likeness (QED) is 0.633. The summed E-state index contributed by atoms with van der Waals surface area (Å²) in [6, 6.07) is 0. The molecule has 0 saturated carbocycles. The molecule has 0 fully saturated rings. The van der Waals surface area contributed by atoms with E-state index in [1.165, 1.54) is 0 Å². The Morgan fingerprint density at radius 1 is 1.09 bits per heavy atom. The zero-order valence-electron chi connectivity index (χ0n) is 6.73. The molecule has 0 aliphatic rings. The van der Waals surface area contributed by atoms with Crippen molar-refractivity contribution in [2.24, 2.45) is 0 Å². The van der Waals surface area contributed by atoms with Crippen molar-refractivity contribution >= 4 is 35.0 Å². The molecule has 0 rings (SSSR count). The summed E-state index contributed by atoms with van der Waals surface area (Å²) in [6.07, 6.45) is 3.98. The lowest BCUT2D eigenvalue weighted by atomic mass is 10.6. The van der Waals surface area contributed by atoms with Gasteiger partial charge in [-0.05, 0) is 13.8 Å². The molecule has 0 saturated heterocycles. The van der Waals surface area contributed by atoms with Crippen LogP contribution in [0.5, 0.6) is 0 Å². The molecule has 64 valence electrons. The summed E-state index contributed by atoms with van der Waals surface area (Å²) in [5.74, 6) is 1.91. The van der Waals surface area contributed by atoms with Gasteiger partial charge < -0.3 is 0 Å². The van der Waals surface area contributed by atoms with E-state index in [0.717, 1.165) is 21.6 Å². The predicted octanol–water partition coefficient (Wildman–Crippen LogP) is 4.00. The second-order valence-electron chi connectivity index (χ2n) is 2.12. The maximum atomic E-state index is 5.63. The van der Waals surface area contributed by atoms with Gasteiger partial charge in [0.25, 0.3) is 0 Å². The summed E-state index contributed by atoms with van der Waals surface area (Å²) in [6.45, 7) is 3.76. The van der Waals surface area contributed by atoms with Crippen LogP contribution in [-0.4, -0.2) is 11.5 Å². The van der Waals surface area contributed by atoms with E-state index in [4.69, 9.17) is 23.2 Å². The molecular formula is C8H12Cl2S. The van der Waals surface area contributed by atoms with Gasteiger partial charge in [-0.15, -0.1) is 0 Å². The molecule has 0 N–H and O–H groups in total. The van der Waals surface area contributed by atoms with Gasteiger partial charge in [0, 0.05) is 21.6 Å². The fraction of sp³-hybridized carbons (Fsp3) is 0.500. The van der Waals surface area contributed by atoms with Gasteiger partial charge in [0.05, 0.1) is 0 Å². The van der Waals surface area contributed by atoms with E-state index in [1.54, 1.807) is 11.8 Å². The van der Waals surface area contributed by atoms with Crippen molar-refractivity contribution in [3.63, 3.8) is 0 Å². The van der Waals surface area contributed by atoms with Crippen molar-refractivity contribution < 1.29 is 0 Å². The zero-order valence-corrected chi connectivity index (χ0v) is 9.06. The van der Waals surface area contributed by atoms with Crippen LogP contribution in [-0.2, 0) is 0 Å². The van der Waals surface area contributed by atoms with Crippen molar-refractivity contribution in [3.8, 4) is 0 Å². The Morgan fingerprint density at radius 2 is 1.45 bits per heavy atom. The molecule has 0 spiro atoms. The first kappa shape index (κ1) is 11.4. The van der Waals surface area contributed by atoms with Gasteiger partial charge in [-0.25, -0.2) is 0 Å². The molecule has 0 unspecified atom stereocenters. The van der Waals surface area contributed by atoms with Crippen molar-refractivity contribution in [2.45, 2.75) is 13.8 Å². The summed E-state index contributed by atoms with van der Waals surface area (Å²) < 4.78 is 0. The van der Waals surface area contributed by atoms with Crippen molar-refractivity contribution in [1.82, 2.24) is 0 Å². The largest absolute Gasteiger partial charge is 0.154 e. The minimum absolute atomic E-state index is 0.851. The van der Waals surface area contributed by atoms with Gasteiger partial charge in [-0.3, -0.25) is 0 Å². The van der Waals surface area contributed by atoms with Gasteiger partial charge in [-0.1, -0.05) is 35.4 Å². The molecule has 11 heavy (non-hydrogen) atoms. The van der Waals surface area contributed by atoms with Crippen LogP contribution >= 0.6 is 35.0 Å². The van der Waals surface area contributed by atoms with Gasteiger partial charge in [-0.2, -0.15) is 11.8 Å². The highest BCUT2D eigenvalue weighted by atomic mass is 35.5. The van der Waals surface area contributed by atoms with Gasteiger partial charge in [0.2, 0.25) is 0 Å². The highest BCUT2D eigenvalue weighted by molar-refractivity contribution is 7.99. The van der Waals surface area contributed by atoms with E-state index in [9.17, 15) is 0 Å². The van der Waals surface area contributed by atoms with E-state index in [0.29, 0.717) is 0 Å². The van der Waals surface area contributed by atoms with Gasteiger partial charge in [0.1, 0.15) is 0 Å². The van der Waals surface area contributed by atoms with Crippen LogP contribution in [0.2, 0.25) is 0 Å². The van der Waals surface area contributed by atoms with E-state index < -0.39 is 0 Å². The minimum Gasteiger partial charge on any atom is -0.154 e. The maximum Gasteiger partial charge on any atom is 0.0130 e. The van der Waals surface area contributed by atoms with Crippen LogP contribution < -0.4 is 0 Å². The standard InChI is InChI=1S/C8H12Cl2S/c1-7(9)3-5-11-6-4-8(2)10/h3-4H,5-6H2,1-2H3. The Kier molecular flexibility index (Phi) is 7.34. The fourth-order valence-electron chi connectivity index (χ4n) is 0.416. The molecule has 0 radical (unpaired) electrons. The van der Waals surface area contributed by atoms with E-state index in [-0.39, 0.29) is 0 Å². The Morgan fingerprint density at radius 3 is 1.73 bits per heavy atom. The van der Waals surface area contributed by atoms with Gasteiger partial charge in [0.15, 0.2) is 0 Å². The molecule has 0 nitrogen and oxygen atoms in total. The van der Waals surface area contributed by atoms with Crippen LogP contribution in [0.15, 0.2) is 22.2 Å². The average molecular weight is 211 g/mol. The second-order valence-corrected chi connectivity index (χ2v) is 4.39. The SMILES string of the molecule is CC(Cl)=CCSCC=C(C)Cl. The molecule has 0 aromatic rings. The van der Waals surface area contributed by atoms with Gasteiger partial charge >= 0.3 is 0 Å². The third kappa shape index (κ3) is 10.4. The Hall–Kier alpha value is 0.410. The lowest BCUT2D eigenvalue weighted by molar-refractivity contribution is 1.57. The highest BCUT2D eigenvalue weighted by Gasteiger charge is 1.84. The first-order chi connectivity index (χ1) is 5.13. The summed E-state index contributed by atoms with van der Waals surface area (Å²) in [5, 5.41) is 1.70. The first-order valence-electron chi connectivity index (χ1n) is 3.35. The molecule has 3 heteroatoms. The molecule has 0 atom stereocenters. The normalized spacial score (nSPS) is 13.8. The second kappa shape index (κ2) is 7.08. The third-order valence-electron chi connectivity index (χ3n) is 0.965. The van der Waals surface area contributed by atoms with Crippen molar-refractivity contribution in [1.29, 1.82) is 0 Å². The molecular weight excluding hydrogens is 199 g/mol. The summed E-state index contributed by atoms with van der Waals surface area (Å²) in [4.78, 5) is 0. The Bertz CT molecular complexity index is 135. The topological polar surface area (TPSA) is 0 Å². The summed E-state index contributed by atoms with van der Waals surface area (Å²) in [7, 11) is 0. The van der Waals surface area contributed by atoms with E-state index in [1.807, 2.05) is 26.0 Å². The first-order valence-corrected chi connectivity index (χ1v) is 5.26. The number of hydrogen-bond donors (Lipinski definition) is 0. The number of halogens is 2.